The Labute approximate surface area is 124 Å². The van der Waals surface area contributed by atoms with Crippen LogP contribution in [-0.4, -0.2) is 37.1 Å². The first-order valence-electron chi connectivity index (χ1n) is 7.16. The maximum atomic E-state index is 12.2. The van der Waals surface area contributed by atoms with Crippen LogP contribution in [0.5, 0.6) is 0 Å². The molecule has 2 amide bonds. The molecule has 2 atom stereocenters. The van der Waals surface area contributed by atoms with Crippen molar-refractivity contribution in [3.63, 3.8) is 0 Å². The number of morpholine rings is 1. The zero-order valence-corrected chi connectivity index (χ0v) is 12.3. The van der Waals surface area contributed by atoms with Gasteiger partial charge >= 0.3 is 0 Å². The number of hydrogen-bond acceptors (Lipinski definition) is 4. The average molecular weight is 291 g/mol. The van der Waals surface area contributed by atoms with Crippen molar-refractivity contribution in [3.05, 3.63) is 24.3 Å². The first-order chi connectivity index (χ1) is 10.1. The highest BCUT2D eigenvalue weighted by Crippen LogP contribution is 2.15. The van der Waals surface area contributed by atoms with Crippen LogP contribution in [0.25, 0.3) is 0 Å². The number of benzene rings is 1. The first-order valence-corrected chi connectivity index (χ1v) is 7.16. The second-order valence-electron chi connectivity index (χ2n) is 4.98. The molecule has 3 N–H and O–H groups in total. The molecule has 1 saturated heterocycles. The van der Waals surface area contributed by atoms with Gasteiger partial charge in [-0.1, -0.05) is 6.92 Å². The molecule has 0 aliphatic carbocycles. The van der Waals surface area contributed by atoms with Gasteiger partial charge in [0.05, 0.1) is 12.7 Å². The molecule has 0 unspecified atom stereocenters. The second-order valence-corrected chi connectivity index (χ2v) is 4.98. The molecule has 114 valence electrons. The Bertz CT molecular complexity index is 501. The van der Waals surface area contributed by atoms with E-state index < -0.39 is 0 Å². The van der Waals surface area contributed by atoms with Gasteiger partial charge in [-0.2, -0.15) is 0 Å². The fourth-order valence-electron chi connectivity index (χ4n) is 2.13. The second kappa shape index (κ2) is 7.19. The topological polar surface area (TPSA) is 79.5 Å². The Morgan fingerprint density at radius 1 is 1.24 bits per heavy atom. The standard InChI is InChI=1S/C15H21N3O3/c1-3-13(19)17-11-4-6-12(7-5-11)18-15(20)14-10(2)21-9-8-16-14/h4-7,10,14,16H,3,8-9H2,1-2H3,(H,17,19)(H,18,20)/t10-,14+/m1/s1. The minimum absolute atomic E-state index is 0.0378. The van der Waals surface area contributed by atoms with Crippen molar-refractivity contribution in [2.45, 2.75) is 32.4 Å². The molecular formula is C15H21N3O3. The van der Waals surface area contributed by atoms with Gasteiger partial charge < -0.3 is 20.7 Å². The number of ether oxygens (including phenoxy) is 1. The number of hydrogen-bond donors (Lipinski definition) is 3. The highest BCUT2D eigenvalue weighted by molar-refractivity contribution is 5.96. The summed E-state index contributed by atoms with van der Waals surface area (Å²) < 4.78 is 5.45. The normalized spacial score (nSPS) is 21.6. The number of rotatable bonds is 4. The lowest BCUT2D eigenvalue weighted by Crippen LogP contribution is -2.53. The van der Waals surface area contributed by atoms with Crippen LogP contribution in [0.3, 0.4) is 0 Å². The van der Waals surface area contributed by atoms with Gasteiger partial charge in [0.15, 0.2) is 0 Å². The van der Waals surface area contributed by atoms with Crippen LogP contribution in [-0.2, 0) is 14.3 Å². The van der Waals surface area contributed by atoms with Gasteiger partial charge in [-0.15, -0.1) is 0 Å². The molecule has 6 nitrogen and oxygen atoms in total. The quantitative estimate of drug-likeness (QED) is 0.782. The molecule has 0 radical (unpaired) electrons. The molecule has 0 spiro atoms. The Hall–Kier alpha value is -1.92. The van der Waals surface area contributed by atoms with E-state index in [0.29, 0.717) is 30.9 Å². The van der Waals surface area contributed by atoms with Crippen LogP contribution in [0.1, 0.15) is 20.3 Å². The van der Waals surface area contributed by atoms with Gasteiger partial charge in [-0.3, -0.25) is 9.59 Å². The number of carbonyl (C=O) groups excluding carboxylic acids is 2. The van der Waals surface area contributed by atoms with E-state index in [0.717, 1.165) is 0 Å². The first kappa shape index (κ1) is 15.5. The lowest BCUT2D eigenvalue weighted by Gasteiger charge is -2.29. The van der Waals surface area contributed by atoms with Crippen LogP contribution in [0.15, 0.2) is 24.3 Å². The van der Waals surface area contributed by atoms with Crippen molar-refractivity contribution in [1.29, 1.82) is 0 Å². The van der Waals surface area contributed by atoms with Gasteiger partial charge in [-0.25, -0.2) is 0 Å². The third-order valence-corrected chi connectivity index (χ3v) is 3.36. The SMILES string of the molecule is CCC(=O)Nc1ccc(NC(=O)[C@H]2NCCO[C@@H]2C)cc1. The molecule has 1 aliphatic heterocycles. The lowest BCUT2D eigenvalue weighted by molar-refractivity contribution is -0.123. The number of anilines is 2. The molecule has 1 aromatic rings. The zero-order chi connectivity index (χ0) is 15.2. The molecule has 1 aromatic carbocycles. The number of nitrogens with one attached hydrogen (secondary N) is 3. The van der Waals surface area contributed by atoms with Crippen molar-refractivity contribution < 1.29 is 14.3 Å². The molecule has 0 saturated carbocycles. The van der Waals surface area contributed by atoms with E-state index in [1.54, 1.807) is 31.2 Å². The van der Waals surface area contributed by atoms with Gasteiger partial charge in [0.2, 0.25) is 11.8 Å². The maximum absolute atomic E-state index is 12.2. The molecule has 21 heavy (non-hydrogen) atoms. The van der Waals surface area contributed by atoms with Crippen LogP contribution in [0.4, 0.5) is 11.4 Å². The molecule has 1 heterocycles. The molecule has 0 bridgehead atoms. The van der Waals surface area contributed by atoms with E-state index >= 15 is 0 Å². The van der Waals surface area contributed by atoms with Crippen LogP contribution < -0.4 is 16.0 Å². The van der Waals surface area contributed by atoms with Crippen LogP contribution in [0.2, 0.25) is 0 Å². The molecule has 1 fully saturated rings. The molecule has 6 heteroatoms. The monoisotopic (exact) mass is 291 g/mol. The van der Waals surface area contributed by atoms with Crippen LogP contribution >= 0.6 is 0 Å². The van der Waals surface area contributed by atoms with Crippen molar-refractivity contribution in [1.82, 2.24) is 5.32 Å². The van der Waals surface area contributed by atoms with Gasteiger partial charge in [0.1, 0.15) is 6.04 Å². The van der Waals surface area contributed by atoms with Gasteiger partial charge in [0.25, 0.3) is 0 Å². The van der Waals surface area contributed by atoms with Crippen molar-refractivity contribution in [2.24, 2.45) is 0 Å². The highest BCUT2D eigenvalue weighted by atomic mass is 16.5. The minimum atomic E-state index is -0.349. The van der Waals surface area contributed by atoms with E-state index in [2.05, 4.69) is 16.0 Å². The van der Waals surface area contributed by atoms with E-state index in [4.69, 9.17) is 4.74 Å². The third-order valence-electron chi connectivity index (χ3n) is 3.36. The summed E-state index contributed by atoms with van der Waals surface area (Å²) in [7, 11) is 0. The number of amides is 2. The van der Waals surface area contributed by atoms with E-state index in [1.165, 1.54) is 0 Å². The zero-order valence-electron chi connectivity index (χ0n) is 12.3. The van der Waals surface area contributed by atoms with Crippen molar-refractivity contribution >= 4 is 23.2 Å². The highest BCUT2D eigenvalue weighted by Gasteiger charge is 2.28. The van der Waals surface area contributed by atoms with E-state index in [-0.39, 0.29) is 24.0 Å². The fourth-order valence-corrected chi connectivity index (χ4v) is 2.13. The van der Waals surface area contributed by atoms with Gasteiger partial charge in [-0.05, 0) is 31.2 Å². The summed E-state index contributed by atoms with van der Waals surface area (Å²) >= 11 is 0. The van der Waals surface area contributed by atoms with Crippen molar-refractivity contribution in [2.75, 3.05) is 23.8 Å². The summed E-state index contributed by atoms with van der Waals surface area (Å²) in [5.41, 5.74) is 1.40. The Kier molecular flexibility index (Phi) is 5.30. The molecular weight excluding hydrogens is 270 g/mol. The molecule has 0 aromatic heterocycles. The Morgan fingerprint density at radius 3 is 2.43 bits per heavy atom. The summed E-state index contributed by atoms with van der Waals surface area (Å²) in [6.45, 7) is 4.96. The minimum Gasteiger partial charge on any atom is -0.375 e. The summed E-state index contributed by atoms with van der Waals surface area (Å²) in [5.74, 6) is -0.156. The smallest absolute Gasteiger partial charge is 0.244 e. The van der Waals surface area contributed by atoms with E-state index in [1.807, 2.05) is 6.92 Å². The molecule has 1 aliphatic rings. The Balaban J connectivity index is 1.93. The predicted octanol–water partition coefficient (Wildman–Crippen LogP) is 1.35. The average Bonchev–Trinajstić information content (AvgIpc) is 2.49. The lowest BCUT2D eigenvalue weighted by atomic mass is 10.1. The van der Waals surface area contributed by atoms with E-state index in [9.17, 15) is 9.59 Å². The summed E-state index contributed by atoms with van der Waals surface area (Å²) in [6.07, 6.45) is 0.283. The largest absolute Gasteiger partial charge is 0.375 e. The van der Waals surface area contributed by atoms with Crippen LogP contribution in [0, 0.1) is 0 Å². The summed E-state index contributed by atoms with van der Waals surface area (Å²) in [4.78, 5) is 23.4. The predicted molar refractivity (Wildman–Crippen MR) is 81.2 cm³/mol. The summed E-state index contributed by atoms with van der Waals surface area (Å²) in [5, 5.41) is 8.74. The third kappa shape index (κ3) is 4.27. The Morgan fingerprint density at radius 2 is 1.86 bits per heavy atom. The van der Waals surface area contributed by atoms with Crippen molar-refractivity contribution in [3.8, 4) is 0 Å². The fraction of sp³-hybridized carbons (Fsp3) is 0.467. The summed E-state index contributed by atoms with van der Waals surface area (Å²) in [6, 6.07) is 6.70. The number of carbonyl (C=O) groups is 2. The maximum Gasteiger partial charge on any atom is 0.244 e. The van der Waals surface area contributed by atoms with Gasteiger partial charge in [0, 0.05) is 24.3 Å². The molecule has 2 rings (SSSR count).